The number of benzene rings is 1. The molecule has 0 saturated heterocycles. The van der Waals surface area contributed by atoms with Crippen LogP contribution >= 0.6 is 0 Å². The highest BCUT2D eigenvalue weighted by Crippen LogP contribution is 2.21. The molecule has 0 aromatic heterocycles. The largest absolute Gasteiger partial charge is 0.493 e. The molecule has 1 aromatic rings. The van der Waals surface area contributed by atoms with Gasteiger partial charge >= 0.3 is 0 Å². The van der Waals surface area contributed by atoms with Gasteiger partial charge in [-0.15, -0.1) is 0 Å². The third kappa shape index (κ3) is 9.28. The van der Waals surface area contributed by atoms with E-state index in [9.17, 15) is 4.79 Å². The summed E-state index contributed by atoms with van der Waals surface area (Å²) in [4.78, 5) is 17.9. The Kier molecular flexibility index (Phi) is 10.9. The van der Waals surface area contributed by atoms with Gasteiger partial charge in [-0.2, -0.15) is 0 Å². The quantitative estimate of drug-likeness (QED) is 0.350. The van der Waals surface area contributed by atoms with Gasteiger partial charge in [0.05, 0.1) is 13.2 Å². The number of methoxy groups -OCH3 is 1. The fourth-order valence-corrected chi connectivity index (χ4v) is 2.33. The fraction of sp³-hybridized carbons (Fsp3) is 0.600. The van der Waals surface area contributed by atoms with Crippen LogP contribution in [0.5, 0.6) is 5.75 Å². The van der Waals surface area contributed by atoms with Crippen LogP contribution in [0.1, 0.15) is 30.9 Å². The minimum absolute atomic E-state index is 0.0867. The van der Waals surface area contributed by atoms with Crippen LogP contribution < -0.4 is 15.4 Å². The second-order valence-electron chi connectivity index (χ2n) is 6.47. The van der Waals surface area contributed by atoms with Gasteiger partial charge < -0.3 is 25.0 Å². The average molecular weight is 379 g/mol. The number of guanidine groups is 1. The van der Waals surface area contributed by atoms with E-state index >= 15 is 0 Å². The summed E-state index contributed by atoms with van der Waals surface area (Å²) in [6.07, 6.45) is 1.27. The van der Waals surface area contributed by atoms with Crippen molar-refractivity contribution < 1.29 is 14.3 Å². The van der Waals surface area contributed by atoms with Gasteiger partial charge in [-0.3, -0.25) is 4.79 Å². The number of amides is 1. The Morgan fingerprint density at radius 2 is 2.00 bits per heavy atom. The minimum atomic E-state index is 0.0867. The third-order valence-corrected chi connectivity index (χ3v) is 3.85. The second-order valence-corrected chi connectivity index (χ2v) is 6.47. The Hall–Kier alpha value is -2.28. The molecule has 0 radical (unpaired) electrons. The molecular formula is C20H34N4O3. The van der Waals surface area contributed by atoms with E-state index in [-0.39, 0.29) is 5.91 Å². The standard InChI is InChI=1S/C20H34N4O3/c1-6-21-20(22-11-10-19(25)24(3)4)23-15-17-9-8-16(2)14-18(17)27-13-7-12-26-5/h8-9,14H,6-7,10-13,15H2,1-5H3,(H2,21,22,23). The van der Waals surface area contributed by atoms with Crippen molar-refractivity contribution in [3.63, 3.8) is 0 Å². The molecule has 0 unspecified atom stereocenters. The van der Waals surface area contributed by atoms with Crippen molar-refractivity contribution in [2.75, 3.05) is 47.5 Å². The lowest BCUT2D eigenvalue weighted by atomic mass is 10.1. The maximum absolute atomic E-state index is 11.7. The zero-order valence-corrected chi connectivity index (χ0v) is 17.3. The molecule has 0 aliphatic rings. The van der Waals surface area contributed by atoms with Crippen LogP contribution in [0.3, 0.4) is 0 Å². The summed E-state index contributed by atoms with van der Waals surface area (Å²) in [7, 11) is 5.20. The van der Waals surface area contributed by atoms with Gasteiger partial charge in [0.2, 0.25) is 5.91 Å². The molecule has 27 heavy (non-hydrogen) atoms. The molecule has 2 N–H and O–H groups in total. The molecular weight excluding hydrogens is 344 g/mol. The normalized spacial score (nSPS) is 11.2. The smallest absolute Gasteiger partial charge is 0.223 e. The Bertz CT molecular complexity index is 603. The molecule has 7 nitrogen and oxygen atoms in total. The Balaban J connectivity index is 2.69. The van der Waals surface area contributed by atoms with Crippen LogP contribution in [0.4, 0.5) is 0 Å². The van der Waals surface area contributed by atoms with Gasteiger partial charge in [0, 0.05) is 59.3 Å². The zero-order valence-electron chi connectivity index (χ0n) is 17.3. The van der Waals surface area contributed by atoms with E-state index in [1.54, 1.807) is 26.1 Å². The Morgan fingerprint density at radius 1 is 1.22 bits per heavy atom. The van der Waals surface area contributed by atoms with Crippen molar-refractivity contribution in [3.05, 3.63) is 29.3 Å². The number of hydrogen-bond donors (Lipinski definition) is 2. The number of rotatable bonds is 11. The lowest BCUT2D eigenvalue weighted by Crippen LogP contribution is -2.39. The summed E-state index contributed by atoms with van der Waals surface area (Å²) in [5.41, 5.74) is 2.18. The monoisotopic (exact) mass is 378 g/mol. The molecule has 0 atom stereocenters. The van der Waals surface area contributed by atoms with E-state index in [1.165, 1.54) is 0 Å². The highest BCUT2D eigenvalue weighted by Gasteiger charge is 2.07. The minimum Gasteiger partial charge on any atom is -0.493 e. The van der Waals surface area contributed by atoms with Crippen molar-refractivity contribution in [3.8, 4) is 5.75 Å². The first-order valence-electron chi connectivity index (χ1n) is 9.41. The molecule has 0 fully saturated rings. The van der Waals surface area contributed by atoms with Crippen LogP contribution in [0.15, 0.2) is 23.2 Å². The van der Waals surface area contributed by atoms with E-state index in [2.05, 4.69) is 21.7 Å². The molecule has 0 bridgehead atoms. The predicted octanol–water partition coefficient (Wildman–Crippen LogP) is 1.94. The summed E-state index contributed by atoms with van der Waals surface area (Å²) in [6.45, 7) is 7.13. The molecule has 0 aliphatic carbocycles. The van der Waals surface area contributed by atoms with Gasteiger partial charge in [-0.1, -0.05) is 12.1 Å². The third-order valence-electron chi connectivity index (χ3n) is 3.85. The maximum Gasteiger partial charge on any atom is 0.223 e. The predicted molar refractivity (Wildman–Crippen MR) is 109 cm³/mol. The molecule has 0 aliphatic heterocycles. The maximum atomic E-state index is 11.7. The SMILES string of the molecule is CCNC(=NCc1ccc(C)cc1OCCCOC)NCCC(=O)N(C)C. The number of nitrogens with zero attached hydrogens (tertiary/aromatic N) is 2. The lowest BCUT2D eigenvalue weighted by Gasteiger charge is -2.14. The summed E-state index contributed by atoms with van der Waals surface area (Å²) in [6, 6.07) is 6.14. The number of ether oxygens (including phenoxy) is 2. The summed E-state index contributed by atoms with van der Waals surface area (Å²) in [5, 5.41) is 6.40. The van der Waals surface area contributed by atoms with Crippen molar-refractivity contribution in [1.82, 2.24) is 15.5 Å². The number of carbonyl (C=O) groups is 1. The first-order valence-corrected chi connectivity index (χ1v) is 9.41. The first kappa shape index (κ1) is 22.8. The molecule has 1 aromatic carbocycles. The second kappa shape index (κ2) is 13.0. The number of nitrogens with one attached hydrogen (secondary N) is 2. The van der Waals surface area contributed by atoms with Gasteiger partial charge in [0.15, 0.2) is 5.96 Å². The van der Waals surface area contributed by atoms with Crippen molar-refractivity contribution >= 4 is 11.9 Å². The van der Waals surface area contributed by atoms with Gasteiger partial charge in [-0.25, -0.2) is 4.99 Å². The van der Waals surface area contributed by atoms with Crippen molar-refractivity contribution in [2.24, 2.45) is 4.99 Å². The van der Waals surface area contributed by atoms with Gasteiger partial charge in [0.1, 0.15) is 5.75 Å². The van der Waals surface area contributed by atoms with Crippen LogP contribution in [-0.4, -0.2) is 64.3 Å². The van der Waals surface area contributed by atoms with Crippen LogP contribution in [0, 0.1) is 6.92 Å². The highest BCUT2D eigenvalue weighted by molar-refractivity contribution is 5.81. The number of aliphatic imine (C=N–C) groups is 1. The first-order chi connectivity index (χ1) is 13.0. The van der Waals surface area contributed by atoms with Crippen molar-refractivity contribution in [2.45, 2.75) is 33.2 Å². The number of aryl methyl sites for hydroxylation is 1. The average Bonchev–Trinajstić information content (AvgIpc) is 2.64. The van der Waals surface area contributed by atoms with Crippen LogP contribution in [0.25, 0.3) is 0 Å². The fourth-order valence-electron chi connectivity index (χ4n) is 2.33. The molecule has 0 heterocycles. The van der Waals surface area contributed by atoms with E-state index in [4.69, 9.17) is 9.47 Å². The molecule has 152 valence electrons. The number of hydrogen-bond acceptors (Lipinski definition) is 4. The molecule has 1 amide bonds. The summed E-state index contributed by atoms with van der Waals surface area (Å²) < 4.78 is 11.0. The Labute approximate surface area is 163 Å². The summed E-state index contributed by atoms with van der Waals surface area (Å²) >= 11 is 0. The van der Waals surface area contributed by atoms with E-state index in [0.29, 0.717) is 38.7 Å². The number of carbonyl (C=O) groups excluding carboxylic acids is 1. The van der Waals surface area contributed by atoms with Crippen molar-refractivity contribution in [1.29, 1.82) is 0 Å². The molecule has 7 heteroatoms. The Morgan fingerprint density at radius 3 is 2.67 bits per heavy atom. The van der Waals surface area contributed by atoms with E-state index in [0.717, 1.165) is 29.8 Å². The molecule has 0 spiro atoms. The molecule has 0 saturated carbocycles. The topological polar surface area (TPSA) is 75.2 Å². The summed E-state index contributed by atoms with van der Waals surface area (Å²) in [5.74, 6) is 1.63. The highest BCUT2D eigenvalue weighted by atomic mass is 16.5. The van der Waals surface area contributed by atoms with E-state index < -0.39 is 0 Å². The van der Waals surface area contributed by atoms with Crippen LogP contribution in [0.2, 0.25) is 0 Å². The molecule has 1 rings (SSSR count). The van der Waals surface area contributed by atoms with Gasteiger partial charge in [0.25, 0.3) is 0 Å². The van der Waals surface area contributed by atoms with Crippen LogP contribution in [-0.2, 0) is 16.1 Å². The lowest BCUT2D eigenvalue weighted by molar-refractivity contribution is -0.128. The van der Waals surface area contributed by atoms with Gasteiger partial charge in [-0.05, 0) is 25.5 Å². The van der Waals surface area contributed by atoms with E-state index in [1.807, 2.05) is 26.0 Å². The zero-order chi connectivity index (χ0) is 20.1.